The molecule has 1 saturated heterocycles. The Kier molecular flexibility index (Phi) is 4.20. The lowest BCUT2D eigenvalue weighted by atomic mass is 9.94. The minimum Gasteiger partial charge on any atom is -0.492 e. The predicted molar refractivity (Wildman–Crippen MR) is 70.3 cm³/mol. The Bertz CT molecular complexity index is 394. The maximum atomic E-state index is 11.8. The highest BCUT2D eigenvalue weighted by Gasteiger charge is 2.28. The maximum Gasteiger partial charge on any atom is 0.223 e. The largest absolute Gasteiger partial charge is 0.492 e. The van der Waals surface area contributed by atoms with E-state index in [0.717, 1.165) is 5.75 Å². The summed E-state index contributed by atoms with van der Waals surface area (Å²) in [6.07, 6.45) is 0.548. The topological polar surface area (TPSA) is 55.6 Å². The molecule has 2 unspecified atom stereocenters. The number of carbonyl (C=O) groups is 1. The number of para-hydroxylation sites is 1. The fourth-order valence-corrected chi connectivity index (χ4v) is 2.10. The van der Waals surface area contributed by atoms with Crippen molar-refractivity contribution in [2.24, 2.45) is 11.7 Å². The third-order valence-corrected chi connectivity index (χ3v) is 3.38. The van der Waals surface area contributed by atoms with Crippen molar-refractivity contribution in [3.8, 4) is 5.75 Å². The van der Waals surface area contributed by atoms with Crippen LogP contribution in [0.5, 0.6) is 5.75 Å². The molecule has 1 amide bonds. The first kappa shape index (κ1) is 12.9. The van der Waals surface area contributed by atoms with Gasteiger partial charge in [0.25, 0.3) is 0 Å². The van der Waals surface area contributed by atoms with E-state index in [1.54, 1.807) is 4.90 Å². The van der Waals surface area contributed by atoms with Crippen molar-refractivity contribution in [3.63, 3.8) is 0 Å². The number of carbonyl (C=O) groups excluding carboxylic acids is 1. The molecule has 0 aliphatic carbocycles. The zero-order valence-electron chi connectivity index (χ0n) is 10.7. The molecule has 1 fully saturated rings. The average molecular weight is 248 g/mol. The van der Waals surface area contributed by atoms with Gasteiger partial charge in [0, 0.05) is 19.0 Å². The van der Waals surface area contributed by atoms with Gasteiger partial charge >= 0.3 is 0 Å². The van der Waals surface area contributed by atoms with Gasteiger partial charge in [-0.3, -0.25) is 4.79 Å². The summed E-state index contributed by atoms with van der Waals surface area (Å²) in [4.78, 5) is 13.6. The highest BCUT2D eigenvalue weighted by molar-refractivity contribution is 5.77. The smallest absolute Gasteiger partial charge is 0.223 e. The summed E-state index contributed by atoms with van der Waals surface area (Å²) in [7, 11) is 0. The van der Waals surface area contributed by atoms with Crippen molar-refractivity contribution in [1.29, 1.82) is 0 Å². The summed E-state index contributed by atoms with van der Waals surface area (Å²) in [5, 5.41) is 0. The Morgan fingerprint density at radius 3 is 2.83 bits per heavy atom. The molecular weight excluding hydrogens is 228 g/mol. The van der Waals surface area contributed by atoms with E-state index in [9.17, 15) is 4.79 Å². The van der Waals surface area contributed by atoms with Crippen LogP contribution >= 0.6 is 0 Å². The van der Waals surface area contributed by atoms with Crippen LogP contribution in [0.15, 0.2) is 30.3 Å². The third kappa shape index (κ3) is 3.23. The summed E-state index contributed by atoms with van der Waals surface area (Å²) in [6.45, 7) is 3.78. The van der Waals surface area contributed by atoms with Crippen LogP contribution in [0.2, 0.25) is 0 Å². The second-order valence-corrected chi connectivity index (χ2v) is 4.85. The number of ether oxygens (including phenoxy) is 1. The number of rotatable bonds is 4. The first-order valence-corrected chi connectivity index (χ1v) is 6.38. The Hall–Kier alpha value is -1.55. The molecule has 4 nitrogen and oxygen atoms in total. The van der Waals surface area contributed by atoms with Crippen molar-refractivity contribution in [3.05, 3.63) is 30.3 Å². The quantitative estimate of drug-likeness (QED) is 0.872. The monoisotopic (exact) mass is 248 g/mol. The summed E-state index contributed by atoms with van der Waals surface area (Å²) in [6, 6.07) is 9.70. The molecule has 4 heteroatoms. The minimum atomic E-state index is 0.0828. The summed E-state index contributed by atoms with van der Waals surface area (Å²) in [5.74, 6) is 1.30. The lowest BCUT2D eigenvalue weighted by molar-refractivity contribution is -0.135. The Morgan fingerprint density at radius 2 is 2.11 bits per heavy atom. The minimum absolute atomic E-state index is 0.0828. The van der Waals surface area contributed by atoms with Crippen molar-refractivity contribution < 1.29 is 9.53 Å². The molecule has 98 valence electrons. The molecule has 18 heavy (non-hydrogen) atoms. The van der Waals surface area contributed by atoms with Gasteiger partial charge in [0.2, 0.25) is 5.91 Å². The van der Waals surface area contributed by atoms with E-state index < -0.39 is 0 Å². The highest BCUT2D eigenvalue weighted by Crippen LogP contribution is 2.16. The number of piperidine rings is 1. The lowest BCUT2D eigenvalue weighted by Gasteiger charge is -2.34. The molecule has 0 bridgehead atoms. The Labute approximate surface area is 108 Å². The number of nitrogens with two attached hydrogens (primary N) is 1. The normalized spacial score (nSPS) is 24.1. The zero-order chi connectivity index (χ0) is 13.0. The average Bonchev–Trinajstić information content (AvgIpc) is 2.37. The summed E-state index contributed by atoms with van der Waals surface area (Å²) >= 11 is 0. The second kappa shape index (κ2) is 5.87. The van der Waals surface area contributed by atoms with E-state index in [1.807, 2.05) is 37.3 Å². The van der Waals surface area contributed by atoms with Gasteiger partial charge in [-0.15, -0.1) is 0 Å². The van der Waals surface area contributed by atoms with Crippen molar-refractivity contribution in [2.75, 3.05) is 19.7 Å². The molecular formula is C14H20N2O2. The molecule has 1 aliphatic rings. The molecule has 2 rings (SSSR count). The standard InChI is InChI=1S/C14H20N2O2/c1-11-9-14(17)16(10-13(11)15)7-8-18-12-5-3-2-4-6-12/h2-6,11,13H,7-10,15H2,1H3. The number of hydrogen-bond acceptors (Lipinski definition) is 3. The van der Waals surface area contributed by atoms with Gasteiger partial charge in [-0.2, -0.15) is 0 Å². The van der Waals surface area contributed by atoms with Crippen LogP contribution in [0.3, 0.4) is 0 Å². The fourth-order valence-electron chi connectivity index (χ4n) is 2.10. The number of benzene rings is 1. The molecule has 0 spiro atoms. The zero-order valence-corrected chi connectivity index (χ0v) is 10.7. The van der Waals surface area contributed by atoms with E-state index in [4.69, 9.17) is 10.5 Å². The SMILES string of the molecule is CC1CC(=O)N(CCOc2ccccc2)CC1N. The van der Waals surface area contributed by atoms with Crippen LogP contribution < -0.4 is 10.5 Å². The first-order valence-electron chi connectivity index (χ1n) is 6.38. The van der Waals surface area contributed by atoms with Gasteiger partial charge in [0.05, 0.1) is 6.54 Å². The molecule has 1 aromatic carbocycles. The summed E-state index contributed by atoms with van der Waals surface area (Å²) in [5.41, 5.74) is 5.98. The molecule has 1 aliphatic heterocycles. The first-order chi connectivity index (χ1) is 8.66. The van der Waals surface area contributed by atoms with E-state index in [2.05, 4.69) is 0 Å². The van der Waals surface area contributed by atoms with Crippen molar-refractivity contribution in [2.45, 2.75) is 19.4 Å². The van der Waals surface area contributed by atoms with Crippen LogP contribution in [0.4, 0.5) is 0 Å². The van der Waals surface area contributed by atoms with Crippen LogP contribution in [-0.4, -0.2) is 36.5 Å². The predicted octanol–water partition coefficient (Wildman–Crippen LogP) is 1.26. The summed E-state index contributed by atoms with van der Waals surface area (Å²) < 4.78 is 5.58. The maximum absolute atomic E-state index is 11.8. The van der Waals surface area contributed by atoms with Crippen LogP contribution in [0.25, 0.3) is 0 Å². The van der Waals surface area contributed by atoms with Crippen molar-refractivity contribution >= 4 is 5.91 Å². The fraction of sp³-hybridized carbons (Fsp3) is 0.500. The lowest BCUT2D eigenvalue weighted by Crippen LogP contribution is -2.51. The second-order valence-electron chi connectivity index (χ2n) is 4.85. The third-order valence-electron chi connectivity index (χ3n) is 3.38. The molecule has 1 heterocycles. The van der Waals surface area contributed by atoms with Gasteiger partial charge < -0.3 is 15.4 Å². The van der Waals surface area contributed by atoms with Gasteiger partial charge in [-0.1, -0.05) is 25.1 Å². The highest BCUT2D eigenvalue weighted by atomic mass is 16.5. The van der Waals surface area contributed by atoms with E-state index >= 15 is 0 Å². The molecule has 0 radical (unpaired) electrons. The van der Waals surface area contributed by atoms with E-state index in [-0.39, 0.29) is 17.9 Å². The Balaban J connectivity index is 1.78. The van der Waals surface area contributed by atoms with E-state index in [0.29, 0.717) is 26.1 Å². The van der Waals surface area contributed by atoms with Gasteiger partial charge in [-0.05, 0) is 18.1 Å². The van der Waals surface area contributed by atoms with Crippen molar-refractivity contribution in [1.82, 2.24) is 4.90 Å². The number of likely N-dealkylation sites (tertiary alicyclic amines) is 1. The van der Waals surface area contributed by atoms with E-state index in [1.165, 1.54) is 0 Å². The van der Waals surface area contributed by atoms with Crippen LogP contribution in [0, 0.1) is 5.92 Å². The Morgan fingerprint density at radius 1 is 1.39 bits per heavy atom. The molecule has 2 N–H and O–H groups in total. The molecule has 1 aromatic rings. The van der Waals surface area contributed by atoms with Crippen LogP contribution in [-0.2, 0) is 4.79 Å². The molecule has 0 aromatic heterocycles. The van der Waals surface area contributed by atoms with Crippen LogP contribution in [0.1, 0.15) is 13.3 Å². The van der Waals surface area contributed by atoms with Gasteiger partial charge in [0.1, 0.15) is 12.4 Å². The molecule has 2 atom stereocenters. The number of nitrogens with zero attached hydrogens (tertiary/aromatic N) is 1. The molecule has 0 saturated carbocycles. The van der Waals surface area contributed by atoms with Gasteiger partial charge in [-0.25, -0.2) is 0 Å². The number of amides is 1. The van der Waals surface area contributed by atoms with Gasteiger partial charge in [0.15, 0.2) is 0 Å². The number of hydrogen-bond donors (Lipinski definition) is 1.